The summed E-state index contributed by atoms with van der Waals surface area (Å²) in [4.78, 5) is 7.19. The van der Waals surface area contributed by atoms with Gasteiger partial charge >= 0.3 is 0 Å². The highest BCUT2D eigenvalue weighted by Crippen LogP contribution is 2.08. The molecule has 1 aliphatic heterocycles. The van der Waals surface area contributed by atoms with E-state index in [0.717, 1.165) is 51.7 Å². The third-order valence-electron chi connectivity index (χ3n) is 4.11. The van der Waals surface area contributed by atoms with Gasteiger partial charge in [0.1, 0.15) is 0 Å². The van der Waals surface area contributed by atoms with Crippen LogP contribution in [0.4, 0.5) is 0 Å². The maximum atomic E-state index is 5.88. The van der Waals surface area contributed by atoms with Crippen molar-refractivity contribution in [3.63, 3.8) is 0 Å². The lowest BCUT2D eigenvalue weighted by molar-refractivity contribution is -0.0261. The first kappa shape index (κ1) is 23.2. The number of hydrogen-bond acceptors (Lipinski definition) is 4. The SMILES string of the molecule is CCNC(=NCC1CN(CC(C)C)CCO1)NCCc1cnn(C)c1.I. The number of aliphatic imine (C=N–C) groups is 1. The third-order valence-corrected chi connectivity index (χ3v) is 4.11. The van der Waals surface area contributed by atoms with Crippen molar-refractivity contribution >= 4 is 29.9 Å². The third kappa shape index (κ3) is 8.68. The Morgan fingerprint density at radius 1 is 1.42 bits per heavy atom. The molecule has 7 nitrogen and oxygen atoms in total. The molecule has 0 aromatic carbocycles. The smallest absolute Gasteiger partial charge is 0.191 e. The second kappa shape index (κ2) is 12.5. The summed E-state index contributed by atoms with van der Waals surface area (Å²) in [5, 5.41) is 10.9. The number of aryl methyl sites for hydroxylation is 1. The van der Waals surface area contributed by atoms with Crippen molar-refractivity contribution in [2.45, 2.75) is 33.3 Å². The van der Waals surface area contributed by atoms with Crippen molar-refractivity contribution in [1.82, 2.24) is 25.3 Å². The number of aromatic nitrogens is 2. The van der Waals surface area contributed by atoms with E-state index in [2.05, 4.69) is 41.4 Å². The fraction of sp³-hybridized carbons (Fsp3) is 0.778. The van der Waals surface area contributed by atoms with Gasteiger partial charge in [-0.05, 0) is 24.8 Å². The number of ether oxygens (including phenoxy) is 1. The zero-order valence-electron chi connectivity index (χ0n) is 16.6. The van der Waals surface area contributed by atoms with Crippen LogP contribution in [0.2, 0.25) is 0 Å². The van der Waals surface area contributed by atoms with Crippen molar-refractivity contribution < 1.29 is 4.74 Å². The summed E-state index contributed by atoms with van der Waals surface area (Å²) in [5.41, 5.74) is 1.23. The fourth-order valence-corrected chi connectivity index (χ4v) is 3.03. The van der Waals surface area contributed by atoms with Gasteiger partial charge in [0.05, 0.1) is 25.5 Å². The van der Waals surface area contributed by atoms with E-state index < -0.39 is 0 Å². The number of nitrogens with one attached hydrogen (secondary N) is 2. The molecule has 8 heteroatoms. The molecule has 1 unspecified atom stereocenters. The van der Waals surface area contributed by atoms with Crippen LogP contribution in [0, 0.1) is 5.92 Å². The Morgan fingerprint density at radius 3 is 2.88 bits per heavy atom. The van der Waals surface area contributed by atoms with Crippen molar-refractivity contribution in [2.24, 2.45) is 18.0 Å². The average Bonchev–Trinajstić information content (AvgIpc) is 2.98. The van der Waals surface area contributed by atoms with Crippen LogP contribution < -0.4 is 10.6 Å². The molecule has 0 spiro atoms. The van der Waals surface area contributed by atoms with Crippen LogP contribution in [-0.2, 0) is 18.2 Å². The predicted molar refractivity (Wildman–Crippen MR) is 117 cm³/mol. The molecule has 0 bridgehead atoms. The first-order valence-electron chi connectivity index (χ1n) is 9.40. The summed E-state index contributed by atoms with van der Waals surface area (Å²) in [6.07, 6.45) is 5.07. The Hall–Kier alpha value is -0.870. The Labute approximate surface area is 175 Å². The van der Waals surface area contributed by atoms with Crippen molar-refractivity contribution in [1.29, 1.82) is 0 Å². The minimum Gasteiger partial charge on any atom is -0.374 e. The van der Waals surface area contributed by atoms with E-state index in [0.29, 0.717) is 12.5 Å². The maximum absolute atomic E-state index is 5.88. The molecule has 0 amide bonds. The van der Waals surface area contributed by atoms with Gasteiger partial charge in [-0.25, -0.2) is 0 Å². The van der Waals surface area contributed by atoms with E-state index in [1.165, 1.54) is 5.56 Å². The molecule has 0 aliphatic carbocycles. The lowest BCUT2D eigenvalue weighted by Crippen LogP contribution is -2.46. The van der Waals surface area contributed by atoms with Gasteiger partial charge in [0.25, 0.3) is 0 Å². The molecule has 1 fully saturated rings. The summed E-state index contributed by atoms with van der Waals surface area (Å²) in [6.45, 7) is 12.9. The predicted octanol–water partition coefficient (Wildman–Crippen LogP) is 1.49. The number of nitrogens with zero attached hydrogens (tertiary/aromatic N) is 4. The van der Waals surface area contributed by atoms with Gasteiger partial charge in [0.15, 0.2) is 5.96 Å². The van der Waals surface area contributed by atoms with Crippen molar-refractivity contribution in [2.75, 3.05) is 45.9 Å². The topological polar surface area (TPSA) is 66.7 Å². The maximum Gasteiger partial charge on any atom is 0.191 e. The summed E-state index contributed by atoms with van der Waals surface area (Å²) in [5.74, 6) is 1.55. The lowest BCUT2D eigenvalue weighted by atomic mass is 10.2. The van der Waals surface area contributed by atoms with Crippen LogP contribution in [-0.4, -0.2) is 72.6 Å². The van der Waals surface area contributed by atoms with Crippen molar-refractivity contribution in [3.05, 3.63) is 18.0 Å². The zero-order chi connectivity index (χ0) is 18.1. The lowest BCUT2D eigenvalue weighted by Gasteiger charge is -2.33. The van der Waals surface area contributed by atoms with Gasteiger partial charge in [-0.3, -0.25) is 14.6 Å². The fourth-order valence-electron chi connectivity index (χ4n) is 3.03. The van der Waals surface area contributed by atoms with E-state index in [4.69, 9.17) is 9.73 Å². The highest BCUT2D eigenvalue weighted by atomic mass is 127. The number of morpholine rings is 1. The molecule has 1 aromatic rings. The highest BCUT2D eigenvalue weighted by Gasteiger charge is 2.20. The quantitative estimate of drug-likeness (QED) is 0.337. The average molecular weight is 478 g/mol. The van der Waals surface area contributed by atoms with Crippen LogP contribution in [0.25, 0.3) is 0 Å². The first-order chi connectivity index (χ1) is 12.1. The van der Waals surface area contributed by atoms with Crippen molar-refractivity contribution in [3.8, 4) is 0 Å². The van der Waals surface area contributed by atoms with Crippen LogP contribution in [0.1, 0.15) is 26.3 Å². The van der Waals surface area contributed by atoms with Gasteiger partial charge in [0, 0.05) is 46.0 Å². The molecule has 150 valence electrons. The summed E-state index contributed by atoms with van der Waals surface area (Å²) in [7, 11) is 1.94. The second-order valence-electron chi connectivity index (χ2n) is 7.06. The molecule has 1 saturated heterocycles. The highest BCUT2D eigenvalue weighted by molar-refractivity contribution is 14.0. The van der Waals surface area contributed by atoms with E-state index in [1.807, 2.05) is 24.1 Å². The minimum atomic E-state index is 0. The molecule has 0 radical (unpaired) electrons. The largest absolute Gasteiger partial charge is 0.374 e. The molecule has 1 aromatic heterocycles. The van der Waals surface area contributed by atoms with Gasteiger partial charge < -0.3 is 15.4 Å². The monoisotopic (exact) mass is 478 g/mol. The van der Waals surface area contributed by atoms with E-state index >= 15 is 0 Å². The summed E-state index contributed by atoms with van der Waals surface area (Å²) < 4.78 is 7.71. The molecule has 2 rings (SSSR count). The standard InChI is InChI=1S/C18H34N6O.HI/c1-5-19-18(20-7-6-16-10-22-23(4)13-16)21-11-17-14-24(8-9-25-17)12-15(2)3;/h10,13,15,17H,5-9,11-12,14H2,1-4H3,(H2,19,20,21);1H. The Bertz CT molecular complexity index is 534. The number of guanidine groups is 1. The Kier molecular flexibility index (Phi) is 11.1. The number of rotatable bonds is 8. The summed E-state index contributed by atoms with van der Waals surface area (Å²) >= 11 is 0. The normalized spacial score (nSPS) is 18.7. The molecule has 2 heterocycles. The Morgan fingerprint density at radius 2 is 2.23 bits per heavy atom. The molecule has 26 heavy (non-hydrogen) atoms. The molecule has 1 atom stereocenters. The van der Waals surface area contributed by atoms with E-state index in [1.54, 1.807) is 0 Å². The summed E-state index contributed by atoms with van der Waals surface area (Å²) in [6, 6.07) is 0. The molecular weight excluding hydrogens is 443 g/mol. The van der Waals surface area contributed by atoms with Crippen LogP contribution in [0.3, 0.4) is 0 Å². The van der Waals surface area contributed by atoms with Gasteiger partial charge in [-0.15, -0.1) is 24.0 Å². The van der Waals surface area contributed by atoms with Crippen LogP contribution >= 0.6 is 24.0 Å². The molecule has 1 aliphatic rings. The molecule has 2 N–H and O–H groups in total. The number of halogens is 1. The second-order valence-corrected chi connectivity index (χ2v) is 7.06. The van der Waals surface area contributed by atoms with Gasteiger partial charge in [0.2, 0.25) is 0 Å². The van der Waals surface area contributed by atoms with E-state index in [-0.39, 0.29) is 30.1 Å². The molecule has 0 saturated carbocycles. The van der Waals surface area contributed by atoms with Crippen LogP contribution in [0.5, 0.6) is 0 Å². The van der Waals surface area contributed by atoms with Crippen LogP contribution in [0.15, 0.2) is 17.4 Å². The van der Waals surface area contributed by atoms with Gasteiger partial charge in [-0.2, -0.15) is 5.10 Å². The Balaban J connectivity index is 0.00000338. The minimum absolute atomic E-state index is 0. The zero-order valence-corrected chi connectivity index (χ0v) is 18.9. The first-order valence-corrected chi connectivity index (χ1v) is 9.40. The number of hydrogen-bond donors (Lipinski definition) is 2. The van der Waals surface area contributed by atoms with E-state index in [9.17, 15) is 0 Å². The van der Waals surface area contributed by atoms with Gasteiger partial charge in [-0.1, -0.05) is 13.8 Å². The molecular formula is C18H35IN6O.